The largest absolute Gasteiger partial charge is 0.480 e. The first-order valence-corrected chi connectivity index (χ1v) is 8.20. The highest BCUT2D eigenvalue weighted by molar-refractivity contribution is 5.81. The fourth-order valence-corrected chi connectivity index (χ4v) is 2.91. The molecule has 1 N–H and O–H groups in total. The lowest BCUT2D eigenvalue weighted by atomic mass is 9.89. The molecule has 1 aromatic rings. The molecule has 3 heteroatoms. The van der Waals surface area contributed by atoms with Crippen molar-refractivity contribution in [3.8, 4) is 5.75 Å². The van der Waals surface area contributed by atoms with E-state index in [0.717, 1.165) is 17.9 Å². The number of hydrogen-bond acceptors (Lipinski definition) is 2. The molecule has 0 bridgehead atoms. The van der Waals surface area contributed by atoms with E-state index in [1.807, 2.05) is 38.1 Å². The molecule has 2 rings (SSSR count). The maximum Gasteiger partial charge on any atom is 0.261 e. The highest BCUT2D eigenvalue weighted by atomic mass is 16.5. The molecule has 1 aliphatic carbocycles. The number of hydrogen-bond donors (Lipinski definition) is 1. The van der Waals surface area contributed by atoms with Crippen LogP contribution in [0.3, 0.4) is 0 Å². The van der Waals surface area contributed by atoms with Gasteiger partial charge in [-0.05, 0) is 43.7 Å². The summed E-state index contributed by atoms with van der Waals surface area (Å²) in [5.41, 5.74) is 1.07. The Labute approximate surface area is 128 Å². The minimum Gasteiger partial charge on any atom is -0.480 e. The standard InChI is InChI=1S/C18H27NO2/c1-3-16(21-17-12-8-7-9-14(17)2)18(20)19-13-15-10-5-4-6-11-15/h7-9,12,15-16H,3-6,10-11,13H2,1-2H3,(H,19,20). The zero-order valence-corrected chi connectivity index (χ0v) is 13.2. The third-order valence-electron chi connectivity index (χ3n) is 4.32. The Balaban J connectivity index is 1.85. The number of rotatable bonds is 6. The second-order valence-electron chi connectivity index (χ2n) is 6.03. The van der Waals surface area contributed by atoms with Crippen molar-refractivity contribution in [3.05, 3.63) is 29.8 Å². The summed E-state index contributed by atoms with van der Waals surface area (Å²) in [5.74, 6) is 1.47. The second-order valence-corrected chi connectivity index (χ2v) is 6.03. The maximum absolute atomic E-state index is 12.3. The topological polar surface area (TPSA) is 38.3 Å². The first-order valence-electron chi connectivity index (χ1n) is 8.20. The summed E-state index contributed by atoms with van der Waals surface area (Å²) in [4.78, 5) is 12.3. The van der Waals surface area contributed by atoms with E-state index in [2.05, 4.69) is 5.32 Å². The Morgan fingerprint density at radius 1 is 1.29 bits per heavy atom. The fourth-order valence-electron chi connectivity index (χ4n) is 2.91. The van der Waals surface area contributed by atoms with Crippen LogP contribution in [0.15, 0.2) is 24.3 Å². The number of benzene rings is 1. The van der Waals surface area contributed by atoms with Crippen LogP contribution in [0, 0.1) is 12.8 Å². The van der Waals surface area contributed by atoms with E-state index in [4.69, 9.17) is 4.74 Å². The van der Waals surface area contributed by atoms with Gasteiger partial charge in [0.2, 0.25) is 0 Å². The Kier molecular flexibility index (Phi) is 6.09. The molecule has 1 atom stereocenters. The van der Waals surface area contributed by atoms with E-state index in [-0.39, 0.29) is 5.91 Å². The zero-order valence-electron chi connectivity index (χ0n) is 13.2. The molecule has 0 heterocycles. The van der Waals surface area contributed by atoms with Gasteiger partial charge in [0.15, 0.2) is 6.10 Å². The average molecular weight is 289 g/mol. The first kappa shape index (κ1) is 15.9. The van der Waals surface area contributed by atoms with E-state index in [1.54, 1.807) is 0 Å². The highest BCUT2D eigenvalue weighted by Gasteiger charge is 2.21. The predicted octanol–water partition coefficient (Wildman–Crippen LogP) is 3.85. The van der Waals surface area contributed by atoms with Crippen molar-refractivity contribution in [3.63, 3.8) is 0 Å². The minimum atomic E-state index is -0.394. The maximum atomic E-state index is 12.3. The lowest BCUT2D eigenvalue weighted by Gasteiger charge is -2.23. The van der Waals surface area contributed by atoms with Gasteiger partial charge in [0.1, 0.15) is 5.75 Å². The van der Waals surface area contributed by atoms with Crippen molar-refractivity contribution in [1.29, 1.82) is 0 Å². The van der Waals surface area contributed by atoms with Crippen molar-refractivity contribution >= 4 is 5.91 Å². The number of nitrogens with one attached hydrogen (secondary N) is 1. The van der Waals surface area contributed by atoms with Crippen molar-refractivity contribution in [2.24, 2.45) is 5.92 Å². The average Bonchev–Trinajstić information content (AvgIpc) is 2.53. The molecule has 0 aromatic heterocycles. The number of ether oxygens (including phenoxy) is 1. The Hall–Kier alpha value is -1.51. The molecule has 3 nitrogen and oxygen atoms in total. The minimum absolute atomic E-state index is 0.0197. The summed E-state index contributed by atoms with van der Waals surface area (Å²) in [5, 5.41) is 3.08. The highest BCUT2D eigenvalue weighted by Crippen LogP contribution is 2.23. The van der Waals surface area contributed by atoms with E-state index < -0.39 is 6.10 Å². The number of carbonyl (C=O) groups excluding carboxylic acids is 1. The van der Waals surface area contributed by atoms with Crippen LogP contribution in [0.25, 0.3) is 0 Å². The molecule has 0 saturated heterocycles. The molecule has 21 heavy (non-hydrogen) atoms. The van der Waals surface area contributed by atoms with Crippen LogP contribution in [-0.2, 0) is 4.79 Å². The van der Waals surface area contributed by atoms with E-state index in [9.17, 15) is 4.79 Å². The van der Waals surface area contributed by atoms with Crippen LogP contribution in [0.4, 0.5) is 0 Å². The van der Waals surface area contributed by atoms with Crippen LogP contribution in [0.2, 0.25) is 0 Å². The van der Waals surface area contributed by atoms with Crippen LogP contribution < -0.4 is 10.1 Å². The Morgan fingerprint density at radius 3 is 2.67 bits per heavy atom. The van der Waals surface area contributed by atoms with Gasteiger partial charge in [-0.15, -0.1) is 0 Å². The van der Waals surface area contributed by atoms with E-state index in [0.29, 0.717) is 12.3 Å². The van der Waals surface area contributed by atoms with Gasteiger partial charge in [-0.3, -0.25) is 4.79 Å². The van der Waals surface area contributed by atoms with Crippen LogP contribution >= 0.6 is 0 Å². The monoisotopic (exact) mass is 289 g/mol. The number of para-hydroxylation sites is 1. The lowest BCUT2D eigenvalue weighted by Crippen LogP contribution is -2.40. The summed E-state index contributed by atoms with van der Waals surface area (Å²) >= 11 is 0. The summed E-state index contributed by atoms with van der Waals surface area (Å²) < 4.78 is 5.88. The Bertz CT molecular complexity index is 452. The lowest BCUT2D eigenvalue weighted by molar-refractivity contribution is -0.128. The summed E-state index contributed by atoms with van der Waals surface area (Å²) in [7, 11) is 0. The van der Waals surface area contributed by atoms with Gasteiger partial charge in [0, 0.05) is 6.54 Å². The van der Waals surface area contributed by atoms with Gasteiger partial charge in [-0.2, -0.15) is 0 Å². The van der Waals surface area contributed by atoms with Crippen molar-refractivity contribution in [1.82, 2.24) is 5.32 Å². The molecule has 0 radical (unpaired) electrons. The van der Waals surface area contributed by atoms with Gasteiger partial charge in [-0.25, -0.2) is 0 Å². The van der Waals surface area contributed by atoms with Gasteiger partial charge in [-0.1, -0.05) is 44.4 Å². The zero-order chi connectivity index (χ0) is 15.1. The molecule has 116 valence electrons. The molecule has 0 aliphatic heterocycles. The molecule has 0 spiro atoms. The van der Waals surface area contributed by atoms with E-state index in [1.165, 1.54) is 32.1 Å². The first-order chi connectivity index (χ1) is 10.2. The van der Waals surface area contributed by atoms with Gasteiger partial charge in [0.05, 0.1) is 0 Å². The van der Waals surface area contributed by atoms with Crippen molar-refractivity contribution in [2.75, 3.05) is 6.54 Å². The fraction of sp³-hybridized carbons (Fsp3) is 0.611. The molecule has 1 aromatic carbocycles. The van der Waals surface area contributed by atoms with Crippen LogP contribution in [-0.4, -0.2) is 18.6 Å². The predicted molar refractivity (Wildman–Crippen MR) is 85.5 cm³/mol. The molecule has 1 amide bonds. The summed E-state index contributed by atoms with van der Waals surface area (Å²) in [6.45, 7) is 4.79. The van der Waals surface area contributed by atoms with Gasteiger partial charge in [0.25, 0.3) is 5.91 Å². The summed E-state index contributed by atoms with van der Waals surface area (Å²) in [6, 6.07) is 7.84. The van der Waals surface area contributed by atoms with Crippen molar-refractivity contribution in [2.45, 2.75) is 58.5 Å². The SMILES string of the molecule is CCC(Oc1ccccc1C)C(=O)NCC1CCCCC1. The second kappa shape index (κ2) is 8.06. The van der Waals surface area contributed by atoms with Crippen LogP contribution in [0.1, 0.15) is 51.0 Å². The molecular formula is C18H27NO2. The third kappa shape index (κ3) is 4.76. The molecule has 1 saturated carbocycles. The normalized spacial score (nSPS) is 17.2. The van der Waals surface area contributed by atoms with Gasteiger partial charge >= 0.3 is 0 Å². The quantitative estimate of drug-likeness (QED) is 0.864. The number of aryl methyl sites for hydroxylation is 1. The Morgan fingerprint density at radius 2 is 2.00 bits per heavy atom. The van der Waals surface area contributed by atoms with Gasteiger partial charge < -0.3 is 10.1 Å². The molecule has 1 fully saturated rings. The molecule has 1 unspecified atom stereocenters. The molecular weight excluding hydrogens is 262 g/mol. The van der Waals surface area contributed by atoms with Crippen LogP contribution in [0.5, 0.6) is 5.75 Å². The third-order valence-corrected chi connectivity index (χ3v) is 4.32. The summed E-state index contributed by atoms with van der Waals surface area (Å²) in [6.07, 6.45) is 6.73. The van der Waals surface area contributed by atoms with Crippen molar-refractivity contribution < 1.29 is 9.53 Å². The van der Waals surface area contributed by atoms with E-state index >= 15 is 0 Å². The smallest absolute Gasteiger partial charge is 0.261 e. The number of carbonyl (C=O) groups is 1. The number of amides is 1. The molecule has 1 aliphatic rings.